The van der Waals surface area contributed by atoms with Crippen molar-refractivity contribution in [3.05, 3.63) is 41.0 Å². The molecule has 0 unspecified atom stereocenters. The molecule has 0 spiro atoms. The Labute approximate surface area is 232 Å². The quantitative estimate of drug-likeness (QED) is 0.183. The minimum Gasteiger partial charge on any atom is -0.358 e. The van der Waals surface area contributed by atoms with E-state index in [1.165, 1.54) is 28.6 Å². The molecular formula is C25H31N7O5S2. The predicted octanol–water partition coefficient (Wildman–Crippen LogP) is 2.16. The third kappa shape index (κ3) is 8.58. The molecule has 12 nitrogen and oxygen atoms in total. The number of nitrogens with zero attached hydrogens (tertiary/aromatic N) is 5. The first-order valence-corrected chi connectivity index (χ1v) is 14.6. The summed E-state index contributed by atoms with van der Waals surface area (Å²) in [5.41, 5.74) is 3.18. The Bertz CT molecular complexity index is 1380. The number of sulfonamides is 1. The highest BCUT2D eigenvalue weighted by Gasteiger charge is 2.22. The Morgan fingerprint density at radius 1 is 1.08 bits per heavy atom. The van der Waals surface area contributed by atoms with Crippen LogP contribution in [0.3, 0.4) is 0 Å². The first-order valence-electron chi connectivity index (χ1n) is 12.0. The SMILES string of the molecule is CCc1c(C#N)c(Sc2ccc(N(C)S(C)(=O)=O)cc2)nc(N(C)CCCNC(=O)CCC(=O)NO)c1C#N. The van der Waals surface area contributed by atoms with Gasteiger partial charge >= 0.3 is 0 Å². The van der Waals surface area contributed by atoms with E-state index >= 15 is 0 Å². The highest BCUT2D eigenvalue weighted by molar-refractivity contribution is 7.99. The van der Waals surface area contributed by atoms with E-state index in [0.717, 1.165) is 11.2 Å². The van der Waals surface area contributed by atoms with Gasteiger partial charge in [-0.3, -0.25) is 19.1 Å². The van der Waals surface area contributed by atoms with Gasteiger partial charge in [-0.25, -0.2) is 18.9 Å². The molecule has 2 aromatic rings. The summed E-state index contributed by atoms with van der Waals surface area (Å²) >= 11 is 1.24. The van der Waals surface area contributed by atoms with Crippen LogP contribution in [0.25, 0.3) is 0 Å². The molecule has 0 atom stereocenters. The zero-order valence-corrected chi connectivity index (χ0v) is 23.8. The Kier molecular flexibility index (Phi) is 11.5. The molecule has 1 aromatic heterocycles. The summed E-state index contributed by atoms with van der Waals surface area (Å²) in [4.78, 5) is 30.1. The van der Waals surface area contributed by atoms with Crippen LogP contribution in [0.2, 0.25) is 0 Å². The summed E-state index contributed by atoms with van der Waals surface area (Å²) in [5, 5.41) is 31.4. The number of amides is 2. The van der Waals surface area contributed by atoms with E-state index in [4.69, 9.17) is 5.21 Å². The summed E-state index contributed by atoms with van der Waals surface area (Å²) in [5.74, 6) is -0.551. The average molecular weight is 574 g/mol. The van der Waals surface area contributed by atoms with E-state index in [-0.39, 0.29) is 18.7 Å². The van der Waals surface area contributed by atoms with Crippen LogP contribution in [0.4, 0.5) is 11.5 Å². The maximum absolute atomic E-state index is 11.9. The lowest BCUT2D eigenvalue weighted by Gasteiger charge is -2.22. The van der Waals surface area contributed by atoms with Crippen molar-refractivity contribution in [3.8, 4) is 12.1 Å². The monoisotopic (exact) mass is 573 g/mol. The molecule has 0 aliphatic carbocycles. The highest BCUT2D eigenvalue weighted by Crippen LogP contribution is 2.36. The molecular weight excluding hydrogens is 542 g/mol. The summed E-state index contributed by atoms with van der Waals surface area (Å²) < 4.78 is 24.8. The molecule has 0 fully saturated rings. The number of rotatable bonds is 13. The smallest absolute Gasteiger partial charge is 0.243 e. The van der Waals surface area contributed by atoms with Crippen molar-refractivity contribution in [1.82, 2.24) is 15.8 Å². The number of carbonyl (C=O) groups is 2. The molecule has 0 saturated heterocycles. The van der Waals surface area contributed by atoms with Gasteiger partial charge < -0.3 is 10.2 Å². The summed E-state index contributed by atoms with van der Waals surface area (Å²) in [6.45, 7) is 2.64. The van der Waals surface area contributed by atoms with E-state index in [1.54, 1.807) is 36.2 Å². The van der Waals surface area contributed by atoms with Gasteiger partial charge in [0, 0.05) is 44.9 Å². The zero-order chi connectivity index (χ0) is 29.2. The van der Waals surface area contributed by atoms with E-state index < -0.39 is 15.9 Å². The first-order chi connectivity index (χ1) is 18.5. The first kappa shape index (κ1) is 31.4. The maximum atomic E-state index is 11.9. The third-order valence-corrected chi connectivity index (χ3v) is 8.00. The molecule has 0 radical (unpaired) electrons. The second kappa shape index (κ2) is 14.3. The van der Waals surface area contributed by atoms with Crippen molar-refractivity contribution in [2.45, 2.75) is 42.5 Å². The topological polar surface area (TPSA) is 180 Å². The average Bonchev–Trinajstić information content (AvgIpc) is 2.92. The van der Waals surface area contributed by atoms with Crippen LogP contribution in [0, 0.1) is 22.7 Å². The fourth-order valence-electron chi connectivity index (χ4n) is 3.58. The Morgan fingerprint density at radius 3 is 2.23 bits per heavy atom. The van der Waals surface area contributed by atoms with Crippen molar-refractivity contribution >= 4 is 45.1 Å². The maximum Gasteiger partial charge on any atom is 0.243 e. The van der Waals surface area contributed by atoms with Crippen LogP contribution in [0.5, 0.6) is 0 Å². The number of benzene rings is 1. The molecule has 0 aliphatic heterocycles. The number of aromatic nitrogens is 1. The lowest BCUT2D eigenvalue weighted by Crippen LogP contribution is -2.30. The number of nitriles is 2. The van der Waals surface area contributed by atoms with Crippen LogP contribution >= 0.6 is 11.8 Å². The Balaban J connectivity index is 2.24. The number of hydrogen-bond donors (Lipinski definition) is 3. The normalized spacial score (nSPS) is 10.7. The van der Waals surface area contributed by atoms with Crippen molar-refractivity contribution < 1.29 is 23.2 Å². The third-order valence-electron chi connectivity index (χ3n) is 5.80. The zero-order valence-electron chi connectivity index (χ0n) is 22.2. The predicted molar refractivity (Wildman–Crippen MR) is 147 cm³/mol. The van der Waals surface area contributed by atoms with Gasteiger partial charge in [0.2, 0.25) is 21.8 Å². The largest absolute Gasteiger partial charge is 0.358 e. The van der Waals surface area contributed by atoms with Gasteiger partial charge in [-0.15, -0.1) is 0 Å². The number of hydrogen-bond acceptors (Lipinski definition) is 10. The lowest BCUT2D eigenvalue weighted by molar-refractivity contribution is -0.131. The molecule has 0 saturated carbocycles. The molecule has 1 heterocycles. The minimum atomic E-state index is -3.41. The van der Waals surface area contributed by atoms with Crippen LogP contribution < -0.4 is 20.0 Å². The van der Waals surface area contributed by atoms with Gasteiger partial charge in [-0.05, 0) is 42.7 Å². The number of pyridine rings is 1. The fourth-order valence-corrected chi connectivity index (χ4v) is 4.99. The standard InChI is InChI=1S/C25H31N7O5S2/c1-5-19-20(15-26)24(31(2)14-6-13-28-22(33)11-12-23(34)30-35)29-25(21(19)16-27)38-18-9-7-17(8-10-18)32(3)39(4,36)37/h7-10,35H,5-6,11-14H2,1-4H3,(H,28,33)(H,30,34). The van der Waals surface area contributed by atoms with E-state index in [1.807, 2.05) is 6.92 Å². The van der Waals surface area contributed by atoms with Gasteiger partial charge in [0.25, 0.3) is 0 Å². The van der Waals surface area contributed by atoms with Gasteiger partial charge in [-0.1, -0.05) is 18.7 Å². The number of carbonyl (C=O) groups excluding carboxylic acids is 2. The second-order valence-corrected chi connectivity index (χ2v) is 11.6. The van der Waals surface area contributed by atoms with Gasteiger partial charge in [0.15, 0.2) is 0 Å². The summed E-state index contributed by atoms with van der Waals surface area (Å²) in [6, 6.07) is 11.2. The van der Waals surface area contributed by atoms with Crippen molar-refractivity contribution in [1.29, 1.82) is 10.5 Å². The second-order valence-electron chi connectivity index (χ2n) is 8.53. The molecule has 208 valence electrons. The van der Waals surface area contributed by atoms with Crippen molar-refractivity contribution in [2.75, 3.05) is 42.6 Å². The minimum absolute atomic E-state index is 0.0516. The number of nitrogens with one attached hydrogen (secondary N) is 2. The van der Waals surface area contributed by atoms with Gasteiger partial charge in [-0.2, -0.15) is 10.5 Å². The molecule has 2 amide bonds. The molecule has 0 bridgehead atoms. The van der Waals surface area contributed by atoms with Crippen LogP contribution in [0.1, 0.15) is 42.9 Å². The van der Waals surface area contributed by atoms with Crippen molar-refractivity contribution in [3.63, 3.8) is 0 Å². The van der Waals surface area contributed by atoms with Crippen LogP contribution in [0.15, 0.2) is 34.2 Å². The van der Waals surface area contributed by atoms with E-state index in [9.17, 15) is 28.5 Å². The van der Waals surface area contributed by atoms with Crippen molar-refractivity contribution in [2.24, 2.45) is 0 Å². The Hall–Kier alpha value is -3.85. The molecule has 39 heavy (non-hydrogen) atoms. The highest BCUT2D eigenvalue weighted by atomic mass is 32.2. The number of hydroxylamine groups is 1. The Morgan fingerprint density at radius 2 is 1.69 bits per heavy atom. The lowest BCUT2D eigenvalue weighted by atomic mass is 10.0. The molecule has 2 rings (SSSR count). The molecule has 0 aliphatic rings. The van der Waals surface area contributed by atoms with E-state index in [0.29, 0.717) is 59.2 Å². The number of anilines is 2. The van der Waals surface area contributed by atoms with Gasteiger partial charge in [0.1, 0.15) is 23.0 Å². The van der Waals surface area contributed by atoms with Crippen LogP contribution in [-0.4, -0.2) is 63.9 Å². The summed E-state index contributed by atoms with van der Waals surface area (Å²) in [6.07, 6.45) is 1.91. The fraction of sp³-hybridized carbons (Fsp3) is 0.400. The molecule has 14 heteroatoms. The van der Waals surface area contributed by atoms with E-state index in [2.05, 4.69) is 22.4 Å². The summed E-state index contributed by atoms with van der Waals surface area (Å²) in [7, 11) is -0.173. The van der Waals surface area contributed by atoms with Crippen LogP contribution in [-0.2, 0) is 26.0 Å². The molecule has 1 aromatic carbocycles. The molecule has 3 N–H and O–H groups in total. The van der Waals surface area contributed by atoms with Gasteiger partial charge in [0.05, 0.1) is 23.1 Å².